The summed E-state index contributed by atoms with van der Waals surface area (Å²) < 4.78 is 14.0. The summed E-state index contributed by atoms with van der Waals surface area (Å²) >= 11 is 0. The molecule has 0 saturated heterocycles. The molecule has 0 aromatic carbocycles. The average molecular weight is 212 g/mol. The maximum Gasteiger partial charge on any atom is 1.00 e. The van der Waals surface area contributed by atoms with E-state index in [9.17, 15) is 19.1 Å². The summed E-state index contributed by atoms with van der Waals surface area (Å²) in [5.74, 6) is 0. The molecule has 0 aliphatic heterocycles. The van der Waals surface area contributed by atoms with Crippen LogP contribution in [-0.4, -0.2) is 11.8 Å². The van der Waals surface area contributed by atoms with Crippen molar-refractivity contribution in [1.29, 1.82) is 0 Å². The molecule has 12 heavy (non-hydrogen) atoms. The molecule has 60 valence electrons. The second-order valence-corrected chi connectivity index (χ2v) is 3.29. The van der Waals surface area contributed by atoms with Gasteiger partial charge in [-0.15, -0.1) is 0 Å². The number of ether oxygens (including phenoxy) is 1. The zero-order valence-electron chi connectivity index (χ0n) is 7.57. The van der Waals surface area contributed by atoms with Gasteiger partial charge in [-0.2, -0.15) is 0 Å². The SMILES string of the molecule is CC(C)OC(=O)P(=O)([O-])[O-].[Na+].[Na+]. The van der Waals surface area contributed by atoms with Gasteiger partial charge in [0.25, 0.3) is 0 Å². The van der Waals surface area contributed by atoms with E-state index in [1.807, 2.05) is 0 Å². The summed E-state index contributed by atoms with van der Waals surface area (Å²) in [6, 6.07) is 0. The van der Waals surface area contributed by atoms with Crippen LogP contribution in [0.2, 0.25) is 0 Å². The van der Waals surface area contributed by atoms with Gasteiger partial charge in [-0.1, -0.05) is 0 Å². The van der Waals surface area contributed by atoms with Crippen molar-refractivity contribution in [3.63, 3.8) is 0 Å². The molecule has 8 heteroatoms. The first kappa shape index (κ1) is 19.2. The van der Waals surface area contributed by atoms with Crippen LogP contribution in [0.3, 0.4) is 0 Å². The fourth-order valence-electron chi connectivity index (χ4n) is 0.266. The van der Waals surface area contributed by atoms with Crippen molar-refractivity contribution in [3.05, 3.63) is 0 Å². The zero-order chi connectivity index (χ0) is 8.36. The minimum absolute atomic E-state index is 0. The Morgan fingerprint density at radius 1 is 1.33 bits per heavy atom. The van der Waals surface area contributed by atoms with Gasteiger partial charge in [0.05, 0.1) is 6.10 Å². The molecule has 0 saturated carbocycles. The van der Waals surface area contributed by atoms with E-state index < -0.39 is 19.4 Å². The van der Waals surface area contributed by atoms with Crippen molar-refractivity contribution in [3.8, 4) is 0 Å². The van der Waals surface area contributed by atoms with Gasteiger partial charge < -0.3 is 19.1 Å². The molecule has 0 atom stereocenters. The summed E-state index contributed by atoms with van der Waals surface area (Å²) in [6.45, 7) is 2.90. The molecule has 0 aromatic rings. The van der Waals surface area contributed by atoms with Gasteiger partial charge in [-0.25, -0.2) is 4.79 Å². The molecule has 0 heterocycles. The van der Waals surface area contributed by atoms with Crippen molar-refractivity contribution in [2.45, 2.75) is 20.0 Å². The fourth-order valence-corrected chi connectivity index (χ4v) is 0.606. The van der Waals surface area contributed by atoms with E-state index in [0.29, 0.717) is 0 Å². The van der Waals surface area contributed by atoms with Gasteiger partial charge in [0.15, 0.2) is 0 Å². The molecule has 0 aliphatic carbocycles. The minimum Gasteiger partial charge on any atom is -0.803 e. The second-order valence-electron chi connectivity index (χ2n) is 1.93. The smallest absolute Gasteiger partial charge is 0.803 e. The van der Waals surface area contributed by atoms with Gasteiger partial charge in [-0.05, 0) is 13.8 Å². The third-order valence-electron chi connectivity index (χ3n) is 0.560. The van der Waals surface area contributed by atoms with E-state index in [-0.39, 0.29) is 59.1 Å². The van der Waals surface area contributed by atoms with Crippen molar-refractivity contribution < 1.29 is 83.0 Å². The number of carbonyl (C=O) groups is 1. The van der Waals surface area contributed by atoms with Crippen molar-refractivity contribution in [2.75, 3.05) is 0 Å². The predicted molar refractivity (Wildman–Crippen MR) is 29.2 cm³/mol. The topological polar surface area (TPSA) is 89.5 Å². The van der Waals surface area contributed by atoms with E-state index in [1.54, 1.807) is 0 Å². The Kier molecular flexibility index (Phi) is 12.8. The Labute approximate surface area is 115 Å². The molecule has 0 amide bonds. The molecule has 0 radical (unpaired) electrons. The monoisotopic (exact) mass is 212 g/mol. The first-order chi connectivity index (χ1) is 4.34. The average Bonchev–Trinajstić information content (AvgIpc) is 1.60. The molecular formula is C4H7Na2O5P. The maximum atomic E-state index is 10.2. The van der Waals surface area contributed by atoms with Crippen LogP contribution in [0.5, 0.6) is 0 Å². The molecule has 0 rings (SSSR count). The van der Waals surface area contributed by atoms with E-state index in [0.717, 1.165) is 0 Å². The molecule has 0 unspecified atom stereocenters. The molecule has 5 nitrogen and oxygen atoms in total. The summed E-state index contributed by atoms with van der Waals surface area (Å²) in [5.41, 5.74) is -1.69. The van der Waals surface area contributed by atoms with E-state index in [1.165, 1.54) is 13.8 Å². The summed E-state index contributed by atoms with van der Waals surface area (Å²) in [5, 5.41) is 0. The molecule has 0 N–H and O–H groups in total. The third-order valence-corrected chi connectivity index (χ3v) is 1.11. The van der Waals surface area contributed by atoms with Crippen LogP contribution in [0, 0.1) is 0 Å². The van der Waals surface area contributed by atoms with Crippen LogP contribution in [0.4, 0.5) is 4.79 Å². The summed E-state index contributed by atoms with van der Waals surface area (Å²) in [7, 11) is -5.17. The second kappa shape index (κ2) is 7.97. The minimum atomic E-state index is -5.17. The van der Waals surface area contributed by atoms with Crippen LogP contribution in [0.25, 0.3) is 0 Å². The van der Waals surface area contributed by atoms with Gasteiger partial charge in [0.1, 0.15) is 0 Å². The Morgan fingerprint density at radius 3 is 1.75 bits per heavy atom. The molecule has 0 aliphatic rings. The van der Waals surface area contributed by atoms with Crippen LogP contribution in [0.15, 0.2) is 0 Å². The number of hydrogen-bond donors (Lipinski definition) is 0. The molecule has 0 bridgehead atoms. The standard InChI is InChI=1S/C4H9O5P.2Na/c1-3(2)9-4(5)10(6,7)8;;/h3H,1-2H3,(H2,6,7,8);;/q;2*+1/p-2. The van der Waals surface area contributed by atoms with Crippen LogP contribution in [0.1, 0.15) is 13.8 Å². The number of hydrogen-bond acceptors (Lipinski definition) is 5. The van der Waals surface area contributed by atoms with Gasteiger partial charge in [-0.3, -0.25) is 0 Å². The molecule has 0 spiro atoms. The molecule has 0 aromatic heterocycles. The van der Waals surface area contributed by atoms with Gasteiger partial charge in [0, 0.05) is 7.60 Å². The third kappa shape index (κ3) is 9.71. The van der Waals surface area contributed by atoms with Gasteiger partial charge in [0.2, 0.25) is 0 Å². The van der Waals surface area contributed by atoms with Crippen LogP contribution < -0.4 is 68.9 Å². The van der Waals surface area contributed by atoms with E-state index in [2.05, 4.69) is 4.74 Å². The van der Waals surface area contributed by atoms with Crippen LogP contribution >= 0.6 is 7.60 Å². The molecular weight excluding hydrogens is 205 g/mol. The fraction of sp³-hybridized carbons (Fsp3) is 0.750. The zero-order valence-corrected chi connectivity index (χ0v) is 12.5. The Bertz CT molecular complexity index is 176. The summed E-state index contributed by atoms with van der Waals surface area (Å²) in [4.78, 5) is 29.9. The Hall–Kier alpha value is 1.62. The quantitative estimate of drug-likeness (QED) is 0.335. The largest absolute Gasteiger partial charge is 1.00 e. The number of rotatable bonds is 2. The van der Waals surface area contributed by atoms with E-state index in [4.69, 9.17) is 0 Å². The van der Waals surface area contributed by atoms with Crippen LogP contribution in [-0.2, 0) is 9.30 Å². The number of carbonyl (C=O) groups excluding carboxylic acids is 1. The first-order valence-electron chi connectivity index (χ1n) is 2.57. The van der Waals surface area contributed by atoms with Crippen molar-refractivity contribution in [2.24, 2.45) is 0 Å². The summed E-state index contributed by atoms with van der Waals surface area (Å²) in [6.07, 6.45) is -0.580. The van der Waals surface area contributed by atoms with Gasteiger partial charge >= 0.3 is 64.8 Å². The maximum absolute atomic E-state index is 10.2. The van der Waals surface area contributed by atoms with Crippen molar-refractivity contribution in [1.82, 2.24) is 0 Å². The molecule has 0 fully saturated rings. The predicted octanol–water partition coefficient (Wildman–Crippen LogP) is -6.55. The van der Waals surface area contributed by atoms with Crippen molar-refractivity contribution >= 4 is 13.3 Å². The Morgan fingerprint density at radius 2 is 1.67 bits per heavy atom. The van der Waals surface area contributed by atoms with E-state index >= 15 is 0 Å². The Balaban J connectivity index is -0.000000405. The normalized spacial score (nSPS) is 9.75. The first-order valence-corrected chi connectivity index (χ1v) is 4.11.